The summed E-state index contributed by atoms with van der Waals surface area (Å²) in [6, 6.07) is 7.73. The van der Waals surface area contributed by atoms with Gasteiger partial charge in [0.2, 0.25) is 5.95 Å². The lowest BCUT2D eigenvalue weighted by molar-refractivity contribution is 0.0945. The van der Waals surface area contributed by atoms with Crippen LogP contribution in [0.2, 0.25) is 5.02 Å². The SMILES string of the molecule is COc1cc(N2CCC(C(C)(C)C)C(F)C2)c(C2CC2)cc1Nc1ncc(Cl)c(Nc2ccc3nccnc3c2P(C)(C)=O)n1. The average Bonchev–Trinajstić information content (AvgIpc) is 3.83. The summed E-state index contributed by atoms with van der Waals surface area (Å²) in [5.41, 5.74) is 4.66. The molecule has 1 saturated carbocycles. The summed E-state index contributed by atoms with van der Waals surface area (Å²) in [6.45, 7) is 10.9. The van der Waals surface area contributed by atoms with Gasteiger partial charge in [0.1, 0.15) is 29.6 Å². The molecule has 4 aromatic rings. The minimum atomic E-state index is -2.78. The molecule has 2 aromatic heterocycles. The van der Waals surface area contributed by atoms with Crippen LogP contribution < -0.4 is 25.6 Å². The van der Waals surface area contributed by atoms with Crippen LogP contribution in [0.1, 0.15) is 51.5 Å². The number of piperidine rings is 1. The minimum Gasteiger partial charge on any atom is -0.494 e. The zero-order chi connectivity index (χ0) is 32.1. The molecule has 6 rings (SSSR count). The molecular formula is C33H40ClFN7O2P. The van der Waals surface area contributed by atoms with E-state index in [-0.39, 0.29) is 11.3 Å². The Morgan fingerprint density at radius 1 is 1.04 bits per heavy atom. The van der Waals surface area contributed by atoms with E-state index in [0.29, 0.717) is 62.7 Å². The van der Waals surface area contributed by atoms with Crippen LogP contribution in [0.4, 0.5) is 33.2 Å². The maximum Gasteiger partial charge on any atom is 0.229 e. The number of methoxy groups -OCH3 is 1. The molecular weight excluding hydrogens is 612 g/mol. The van der Waals surface area contributed by atoms with E-state index in [1.807, 2.05) is 18.2 Å². The van der Waals surface area contributed by atoms with E-state index in [1.165, 1.54) is 11.8 Å². The van der Waals surface area contributed by atoms with Gasteiger partial charge in [-0.25, -0.2) is 9.37 Å². The summed E-state index contributed by atoms with van der Waals surface area (Å²) < 4.78 is 34.6. The summed E-state index contributed by atoms with van der Waals surface area (Å²) in [5.74, 6) is 1.72. The standard InChI is InChI=1S/C33H40ClFN7O2P/c1-33(2,3)21-11-14-42(18-23(21)35)27-16-28(44-4)26(15-20(27)19-7-8-19)40-32-38-17-22(34)31(41-32)39-25-10-9-24-29(37-13-12-36-24)30(25)45(5,6)43/h9-10,12-13,15-17,19,21,23H,7-8,11,14,18H2,1-6H3,(H2,38,39,40,41). The van der Waals surface area contributed by atoms with Gasteiger partial charge in [0.25, 0.3) is 0 Å². The van der Waals surface area contributed by atoms with E-state index in [0.717, 1.165) is 31.5 Å². The first-order chi connectivity index (χ1) is 21.3. The van der Waals surface area contributed by atoms with Crippen molar-refractivity contribution in [2.75, 3.05) is 49.1 Å². The topological polar surface area (TPSA) is 105 Å². The molecule has 2 atom stereocenters. The Morgan fingerprint density at radius 3 is 2.47 bits per heavy atom. The van der Waals surface area contributed by atoms with Gasteiger partial charge in [-0.15, -0.1) is 0 Å². The Kier molecular flexibility index (Phi) is 8.42. The van der Waals surface area contributed by atoms with Gasteiger partial charge in [0.15, 0.2) is 5.82 Å². The molecule has 45 heavy (non-hydrogen) atoms. The third-order valence-corrected chi connectivity index (χ3v) is 10.6. The molecule has 2 aromatic carbocycles. The highest BCUT2D eigenvalue weighted by Crippen LogP contribution is 2.49. The van der Waals surface area contributed by atoms with Crippen molar-refractivity contribution in [2.24, 2.45) is 11.3 Å². The summed E-state index contributed by atoms with van der Waals surface area (Å²) in [5, 5.41) is 7.47. The van der Waals surface area contributed by atoms with Crippen molar-refractivity contribution in [3.05, 3.63) is 53.4 Å². The van der Waals surface area contributed by atoms with Gasteiger partial charge < -0.3 is 24.8 Å². The van der Waals surface area contributed by atoms with Crippen molar-refractivity contribution in [3.8, 4) is 5.75 Å². The molecule has 0 bridgehead atoms. The first-order valence-corrected chi connectivity index (χ1v) is 18.3. The summed E-state index contributed by atoms with van der Waals surface area (Å²) in [4.78, 5) is 20.1. The van der Waals surface area contributed by atoms with E-state index < -0.39 is 13.3 Å². The largest absolute Gasteiger partial charge is 0.494 e. The molecule has 2 fully saturated rings. The summed E-state index contributed by atoms with van der Waals surface area (Å²) >= 11 is 6.55. The number of fused-ring (bicyclic) bond motifs is 1. The number of rotatable bonds is 8. The normalized spacial score (nSPS) is 19.1. The molecule has 0 spiro atoms. The maximum atomic E-state index is 15.4. The Labute approximate surface area is 268 Å². The lowest BCUT2D eigenvalue weighted by atomic mass is 9.74. The van der Waals surface area contributed by atoms with Gasteiger partial charge in [-0.3, -0.25) is 9.97 Å². The van der Waals surface area contributed by atoms with Crippen LogP contribution in [0.25, 0.3) is 11.0 Å². The molecule has 1 aliphatic heterocycles. The van der Waals surface area contributed by atoms with Gasteiger partial charge in [-0.2, -0.15) is 4.98 Å². The highest BCUT2D eigenvalue weighted by atomic mass is 35.5. The molecule has 3 heterocycles. The number of nitrogens with zero attached hydrogens (tertiary/aromatic N) is 5. The van der Waals surface area contributed by atoms with E-state index in [9.17, 15) is 4.57 Å². The van der Waals surface area contributed by atoms with E-state index in [1.54, 1.807) is 32.8 Å². The summed E-state index contributed by atoms with van der Waals surface area (Å²) in [6.07, 6.45) is 6.81. The Balaban J connectivity index is 1.31. The van der Waals surface area contributed by atoms with Gasteiger partial charge in [-0.1, -0.05) is 32.4 Å². The zero-order valence-electron chi connectivity index (χ0n) is 26.6. The van der Waals surface area contributed by atoms with Crippen molar-refractivity contribution in [1.29, 1.82) is 0 Å². The third kappa shape index (κ3) is 6.59. The Hall–Kier alpha value is -3.49. The lowest BCUT2D eigenvalue weighted by Gasteiger charge is -2.42. The molecule has 238 valence electrons. The van der Waals surface area contributed by atoms with Gasteiger partial charge in [-0.05, 0) is 73.6 Å². The van der Waals surface area contributed by atoms with E-state index >= 15 is 4.39 Å². The van der Waals surface area contributed by atoms with Crippen molar-refractivity contribution in [2.45, 2.75) is 52.1 Å². The summed E-state index contributed by atoms with van der Waals surface area (Å²) in [7, 11) is -1.16. The van der Waals surface area contributed by atoms with Crippen molar-refractivity contribution < 1.29 is 13.7 Å². The van der Waals surface area contributed by atoms with Crippen LogP contribution >= 0.6 is 18.7 Å². The Bertz CT molecular complexity index is 1790. The molecule has 2 aliphatic rings. The fraction of sp³-hybridized carbons (Fsp3) is 0.455. The predicted molar refractivity (Wildman–Crippen MR) is 182 cm³/mol. The smallest absolute Gasteiger partial charge is 0.229 e. The van der Waals surface area contributed by atoms with Crippen molar-refractivity contribution >= 4 is 63.9 Å². The zero-order valence-corrected chi connectivity index (χ0v) is 28.2. The average molecular weight is 652 g/mol. The second-order valence-electron chi connectivity index (χ2n) is 13.5. The number of hydrogen-bond acceptors (Lipinski definition) is 9. The first-order valence-electron chi connectivity index (χ1n) is 15.3. The van der Waals surface area contributed by atoms with Crippen molar-refractivity contribution in [3.63, 3.8) is 0 Å². The fourth-order valence-corrected chi connectivity index (χ4v) is 7.91. The number of anilines is 5. The number of halogens is 2. The van der Waals surface area contributed by atoms with Crippen LogP contribution in [0.5, 0.6) is 5.75 Å². The predicted octanol–water partition coefficient (Wildman–Crippen LogP) is 7.90. The Morgan fingerprint density at radius 2 is 1.80 bits per heavy atom. The van der Waals surface area contributed by atoms with Crippen LogP contribution in [0, 0.1) is 11.3 Å². The quantitative estimate of drug-likeness (QED) is 0.184. The number of hydrogen-bond donors (Lipinski definition) is 2. The minimum absolute atomic E-state index is 0.0334. The third-order valence-electron chi connectivity index (χ3n) is 8.76. The molecule has 0 amide bonds. The van der Waals surface area contributed by atoms with E-state index in [4.69, 9.17) is 16.3 Å². The first kappa shape index (κ1) is 31.5. The highest BCUT2D eigenvalue weighted by molar-refractivity contribution is 7.71. The van der Waals surface area contributed by atoms with Gasteiger partial charge in [0.05, 0.1) is 35.5 Å². The van der Waals surface area contributed by atoms with Gasteiger partial charge >= 0.3 is 0 Å². The number of alkyl halides is 1. The fourth-order valence-electron chi connectivity index (χ4n) is 6.38. The van der Waals surface area contributed by atoms with Crippen molar-refractivity contribution in [1.82, 2.24) is 19.9 Å². The number of ether oxygens (including phenoxy) is 1. The molecule has 9 nitrogen and oxygen atoms in total. The second kappa shape index (κ2) is 12.0. The second-order valence-corrected chi connectivity index (χ2v) is 17.0. The number of benzene rings is 2. The molecule has 1 aliphatic carbocycles. The number of aromatic nitrogens is 4. The number of nitrogens with one attached hydrogen (secondary N) is 2. The van der Waals surface area contributed by atoms with Crippen LogP contribution in [0.3, 0.4) is 0 Å². The van der Waals surface area contributed by atoms with Crippen LogP contribution in [0.15, 0.2) is 42.9 Å². The monoisotopic (exact) mass is 651 g/mol. The van der Waals surface area contributed by atoms with Gasteiger partial charge in [0, 0.05) is 37.2 Å². The highest BCUT2D eigenvalue weighted by Gasteiger charge is 2.39. The molecule has 2 N–H and O–H groups in total. The molecule has 0 radical (unpaired) electrons. The van der Waals surface area contributed by atoms with Crippen LogP contribution in [-0.2, 0) is 4.57 Å². The lowest BCUT2D eigenvalue weighted by Crippen LogP contribution is -2.46. The molecule has 2 unspecified atom stereocenters. The van der Waals surface area contributed by atoms with Crippen LogP contribution in [-0.4, -0.2) is 59.6 Å². The van der Waals surface area contributed by atoms with E-state index in [2.05, 4.69) is 62.3 Å². The molecule has 12 heteroatoms. The maximum absolute atomic E-state index is 15.4. The molecule has 1 saturated heterocycles.